The van der Waals surface area contributed by atoms with Crippen molar-refractivity contribution in [1.82, 2.24) is 15.1 Å². The summed E-state index contributed by atoms with van der Waals surface area (Å²) in [6.07, 6.45) is 3.73. The molecule has 2 aliphatic heterocycles. The minimum absolute atomic E-state index is 0.0207. The molecule has 4 amide bonds. The maximum Gasteiger partial charge on any atom is 0.410 e. The molecular formula is C30H38N6O6. The molecule has 3 aliphatic rings. The molecule has 2 heterocycles. The Bertz CT molecular complexity index is 1310. The minimum atomic E-state index is -0.673. The number of ether oxygens (including phenoxy) is 2. The number of nitrogens with zero attached hydrogens (tertiary/aromatic N) is 5. The summed E-state index contributed by atoms with van der Waals surface area (Å²) in [6.45, 7) is 6.84. The van der Waals surface area contributed by atoms with Crippen LogP contribution in [-0.2, 0) is 25.6 Å². The molecule has 12 nitrogen and oxygen atoms in total. The number of piperidine rings is 1. The molecule has 0 radical (unpaired) electrons. The molecule has 1 saturated carbocycles. The largest absolute Gasteiger partial charge is 0.444 e. The van der Waals surface area contributed by atoms with Gasteiger partial charge >= 0.3 is 6.09 Å². The van der Waals surface area contributed by atoms with E-state index in [4.69, 9.17) is 15.0 Å². The van der Waals surface area contributed by atoms with E-state index in [-0.39, 0.29) is 49.6 Å². The third kappa shape index (κ3) is 7.81. The first-order chi connectivity index (χ1) is 20.1. The summed E-state index contributed by atoms with van der Waals surface area (Å²) < 4.78 is 11.4. The van der Waals surface area contributed by atoms with Crippen molar-refractivity contribution in [2.75, 3.05) is 19.8 Å². The van der Waals surface area contributed by atoms with Gasteiger partial charge in [-0.15, -0.1) is 0 Å². The van der Waals surface area contributed by atoms with Gasteiger partial charge in [0.1, 0.15) is 18.2 Å². The van der Waals surface area contributed by atoms with E-state index in [0.717, 1.165) is 31.2 Å². The Kier molecular flexibility index (Phi) is 10.1. The van der Waals surface area contributed by atoms with Crippen LogP contribution in [-0.4, -0.2) is 77.1 Å². The molecule has 12 heteroatoms. The van der Waals surface area contributed by atoms with E-state index in [1.165, 1.54) is 4.90 Å². The van der Waals surface area contributed by atoms with Gasteiger partial charge in [0.2, 0.25) is 11.8 Å². The standard InChI is InChI=1S/C30H38N6O6/c1-30(2,3)42-29(40)35(22-12-10-21(11-13-22)33-34-31)16-6-18-41-17-5-8-20-7-4-9-23-24(20)19-36(28(23)39)25-14-15-26(37)32-27(25)38/h4,7,9,21-22,25H,6,10-19H2,1-3H3,(H,32,37,38)/t21-,22+,25?. The molecule has 0 bridgehead atoms. The predicted molar refractivity (Wildman–Crippen MR) is 153 cm³/mol. The molecule has 1 unspecified atom stereocenters. The summed E-state index contributed by atoms with van der Waals surface area (Å²) >= 11 is 0. The van der Waals surface area contributed by atoms with Gasteiger partial charge in [-0.3, -0.25) is 19.7 Å². The molecule has 1 saturated heterocycles. The normalized spacial score (nSPS) is 21.9. The van der Waals surface area contributed by atoms with Crippen LogP contribution in [0.5, 0.6) is 0 Å². The molecule has 4 rings (SSSR count). The number of benzene rings is 1. The number of hydrogen-bond donors (Lipinski definition) is 1. The smallest absolute Gasteiger partial charge is 0.410 e. The topological polar surface area (TPSA) is 154 Å². The van der Waals surface area contributed by atoms with Crippen molar-refractivity contribution in [3.8, 4) is 11.8 Å². The Hall–Kier alpha value is -4.07. The zero-order chi connectivity index (χ0) is 30.3. The number of nitrogens with one attached hydrogen (secondary N) is 1. The van der Waals surface area contributed by atoms with Gasteiger partial charge in [0.25, 0.3) is 5.91 Å². The Balaban J connectivity index is 1.29. The lowest BCUT2D eigenvalue weighted by Crippen LogP contribution is -2.52. The number of fused-ring (bicyclic) bond motifs is 1. The maximum absolute atomic E-state index is 13.0. The average molecular weight is 579 g/mol. The van der Waals surface area contributed by atoms with Gasteiger partial charge in [-0.25, -0.2) is 4.79 Å². The highest BCUT2D eigenvalue weighted by atomic mass is 16.6. The van der Waals surface area contributed by atoms with Crippen LogP contribution < -0.4 is 5.32 Å². The lowest BCUT2D eigenvalue weighted by Gasteiger charge is -2.37. The molecule has 0 spiro atoms. The number of azide groups is 1. The van der Waals surface area contributed by atoms with Crippen LogP contribution >= 0.6 is 0 Å². The molecule has 2 fully saturated rings. The van der Waals surface area contributed by atoms with Crippen molar-refractivity contribution < 1.29 is 28.7 Å². The van der Waals surface area contributed by atoms with E-state index in [1.807, 2.05) is 26.8 Å². The van der Waals surface area contributed by atoms with Crippen molar-refractivity contribution in [2.24, 2.45) is 5.11 Å². The number of rotatable bonds is 8. The van der Waals surface area contributed by atoms with Crippen LogP contribution in [0.1, 0.15) is 87.2 Å². The molecule has 42 heavy (non-hydrogen) atoms. The van der Waals surface area contributed by atoms with Crippen LogP contribution in [0.3, 0.4) is 0 Å². The molecule has 1 atom stereocenters. The number of imide groups is 1. The lowest BCUT2D eigenvalue weighted by molar-refractivity contribution is -0.136. The molecule has 1 N–H and O–H groups in total. The summed E-state index contributed by atoms with van der Waals surface area (Å²) in [5.74, 6) is 5.09. The van der Waals surface area contributed by atoms with Crippen molar-refractivity contribution in [3.63, 3.8) is 0 Å². The highest BCUT2D eigenvalue weighted by molar-refractivity contribution is 6.05. The summed E-state index contributed by atoms with van der Waals surface area (Å²) in [7, 11) is 0. The van der Waals surface area contributed by atoms with Crippen molar-refractivity contribution >= 4 is 23.8 Å². The van der Waals surface area contributed by atoms with E-state index in [1.54, 1.807) is 17.0 Å². The van der Waals surface area contributed by atoms with Crippen molar-refractivity contribution in [2.45, 2.75) is 96.0 Å². The fourth-order valence-corrected chi connectivity index (χ4v) is 5.60. The van der Waals surface area contributed by atoms with Gasteiger partial charge < -0.3 is 19.3 Å². The number of carbonyl (C=O) groups is 4. The predicted octanol–water partition coefficient (Wildman–Crippen LogP) is 4.06. The average Bonchev–Trinajstić information content (AvgIpc) is 3.27. The van der Waals surface area contributed by atoms with Gasteiger partial charge in [-0.1, -0.05) is 23.0 Å². The summed E-state index contributed by atoms with van der Waals surface area (Å²) in [6, 6.07) is 4.65. The second kappa shape index (κ2) is 13.7. The van der Waals surface area contributed by atoms with Crippen molar-refractivity contribution in [3.05, 3.63) is 45.3 Å². The van der Waals surface area contributed by atoms with Crippen LogP contribution in [0.2, 0.25) is 0 Å². The first-order valence-corrected chi connectivity index (χ1v) is 14.4. The van der Waals surface area contributed by atoms with Gasteiger partial charge in [0.05, 0.1) is 0 Å². The van der Waals surface area contributed by atoms with E-state index in [0.29, 0.717) is 37.1 Å². The van der Waals surface area contributed by atoms with E-state index < -0.39 is 17.6 Å². The summed E-state index contributed by atoms with van der Waals surface area (Å²) in [5.41, 5.74) is 10.1. The van der Waals surface area contributed by atoms with Gasteiger partial charge in [0, 0.05) is 54.2 Å². The molecule has 224 valence electrons. The maximum atomic E-state index is 13.0. The first-order valence-electron chi connectivity index (χ1n) is 14.4. The van der Waals surface area contributed by atoms with Gasteiger partial charge in [0.15, 0.2) is 0 Å². The monoisotopic (exact) mass is 578 g/mol. The highest BCUT2D eigenvalue weighted by Crippen LogP contribution is 2.30. The third-order valence-corrected chi connectivity index (χ3v) is 7.62. The molecule has 1 aromatic carbocycles. The molecule has 1 aliphatic carbocycles. The third-order valence-electron chi connectivity index (χ3n) is 7.62. The van der Waals surface area contributed by atoms with E-state index >= 15 is 0 Å². The van der Waals surface area contributed by atoms with Crippen LogP contribution in [0.25, 0.3) is 10.4 Å². The zero-order valence-corrected chi connectivity index (χ0v) is 24.4. The van der Waals surface area contributed by atoms with Crippen LogP contribution in [0.15, 0.2) is 23.3 Å². The quantitative estimate of drug-likeness (QED) is 0.123. The van der Waals surface area contributed by atoms with Crippen LogP contribution in [0, 0.1) is 11.8 Å². The molecule has 1 aromatic rings. The summed E-state index contributed by atoms with van der Waals surface area (Å²) in [5, 5.41) is 6.14. The number of carbonyl (C=O) groups excluding carboxylic acids is 4. The first kappa shape index (κ1) is 30.9. The zero-order valence-electron chi connectivity index (χ0n) is 24.4. The lowest BCUT2D eigenvalue weighted by atomic mass is 9.90. The van der Waals surface area contributed by atoms with E-state index in [9.17, 15) is 19.2 Å². The fraction of sp³-hybridized carbons (Fsp3) is 0.600. The Labute approximate surface area is 245 Å². The SMILES string of the molecule is CC(C)(C)OC(=O)N(CCCOCC#Cc1cccc2c1CN(C1CCC(=O)NC1=O)C2=O)[C@H]1CC[C@@H](N=[N+]=[N-])CC1. The Morgan fingerprint density at radius 3 is 2.64 bits per heavy atom. The number of hydrogen-bond acceptors (Lipinski definition) is 7. The van der Waals surface area contributed by atoms with Gasteiger partial charge in [-0.05, 0) is 82.5 Å². The summed E-state index contributed by atoms with van der Waals surface area (Å²) in [4.78, 5) is 56.0. The van der Waals surface area contributed by atoms with Crippen LogP contribution in [0.4, 0.5) is 4.79 Å². The van der Waals surface area contributed by atoms with E-state index in [2.05, 4.69) is 27.2 Å². The molecule has 0 aromatic heterocycles. The Morgan fingerprint density at radius 1 is 1.19 bits per heavy atom. The fourth-order valence-electron chi connectivity index (χ4n) is 5.60. The second-order valence-electron chi connectivity index (χ2n) is 11.8. The molecular weight excluding hydrogens is 540 g/mol. The second-order valence-corrected chi connectivity index (χ2v) is 11.8. The van der Waals surface area contributed by atoms with Gasteiger partial charge in [-0.2, -0.15) is 0 Å². The van der Waals surface area contributed by atoms with Crippen molar-refractivity contribution in [1.29, 1.82) is 0 Å². The Morgan fingerprint density at radius 2 is 1.95 bits per heavy atom. The number of amides is 4. The highest BCUT2D eigenvalue weighted by Gasteiger charge is 2.39. The minimum Gasteiger partial charge on any atom is -0.444 e.